The summed E-state index contributed by atoms with van der Waals surface area (Å²) < 4.78 is 40.2. The topological polar surface area (TPSA) is 79.5 Å². The minimum absolute atomic E-state index is 0.224. The van der Waals surface area contributed by atoms with Crippen LogP contribution in [-0.4, -0.2) is 32.2 Å². The number of carbonyl (C=O) groups excluding carboxylic acids is 1. The number of nitrogens with zero attached hydrogens (tertiary/aromatic N) is 3. The number of aliphatic hydroxyl groups excluding tert-OH is 1. The zero-order chi connectivity index (χ0) is 21.3. The summed E-state index contributed by atoms with van der Waals surface area (Å²) in [5.74, 6) is -0.0166. The Labute approximate surface area is 170 Å². The summed E-state index contributed by atoms with van der Waals surface area (Å²) in [5.41, 5.74) is 0.780. The van der Waals surface area contributed by atoms with Crippen LogP contribution in [0.4, 0.5) is 18.9 Å². The molecular weight excluding hydrogens is 397 g/mol. The highest BCUT2D eigenvalue weighted by atomic mass is 19.4. The van der Waals surface area contributed by atoms with Crippen LogP contribution in [-0.2, 0) is 6.18 Å². The molecule has 0 radical (unpaired) electrons. The largest absolute Gasteiger partial charge is 0.433 e. The van der Waals surface area contributed by atoms with Gasteiger partial charge < -0.3 is 10.4 Å². The van der Waals surface area contributed by atoms with Gasteiger partial charge in [0.25, 0.3) is 5.91 Å². The fourth-order valence-electron chi connectivity index (χ4n) is 3.85. The van der Waals surface area contributed by atoms with Gasteiger partial charge in [0.1, 0.15) is 11.4 Å². The monoisotopic (exact) mass is 418 g/mol. The first-order chi connectivity index (χ1) is 14.3. The van der Waals surface area contributed by atoms with E-state index in [1.165, 1.54) is 6.07 Å². The summed E-state index contributed by atoms with van der Waals surface area (Å²) in [7, 11) is 0. The fraction of sp³-hybridized carbons (Fsp3) is 0.381. The van der Waals surface area contributed by atoms with Gasteiger partial charge in [0.05, 0.1) is 11.2 Å². The van der Waals surface area contributed by atoms with Gasteiger partial charge in [-0.25, -0.2) is 9.50 Å². The van der Waals surface area contributed by atoms with Crippen LogP contribution in [0.5, 0.6) is 0 Å². The van der Waals surface area contributed by atoms with Crippen LogP contribution < -0.4 is 5.32 Å². The number of alkyl halides is 3. The Morgan fingerprint density at radius 3 is 2.63 bits per heavy atom. The zero-order valence-electron chi connectivity index (χ0n) is 16.1. The molecule has 0 atom stereocenters. The van der Waals surface area contributed by atoms with Gasteiger partial charge in [0.2, 0.25) is 0 Å². The van der Waals surface area contributed by atoms with E-state index in [9.17, 15) is 23.1 Å². The molecule has 3 aromatic rings. The number of pyridine rings is 2. The highest BCUT2D eigenvalue weighted by molar-refractivity contribution is 6.03. The van der Waals surface area contributed by atoms with Crippen LogP contribution >= 0.6 is 0 Å². The molecule has 3 heterocycles. The summed E-state index contributed by atoms with van der Waals surface area (Å²) in [6, 6.07) is 8.54. The van der Waals surface area contributed by atoms with Gasteiger partial charge in [-0.15, -0.1) is 0 Å². The molecule has 0 unspecified atom stereocenters. The molecule has 4 rings (SSSR count). The van der Waals surface area contributed by atoms with E-state index in [-0.39, 0.29) is 12.3 Å². The minimum Gasteiger partial charge on any atom is -0.396 e. The number of halogens is 3. The quantitative estimate of drug-likeness (QED) is 0.663. The molecule has 1 aliphatic rings. The molecule has 1 amide bonds. The van der Waals surface area contributed by atoms with Gasteiger partial charge in [-0.05, 0) is 61.9 Å². The molecule has 0 spiro atoms. The molecule has 30 heavy (non-hydrogen) atoms. The summed E-state index contributed by atoms with van der Waals surface area (Å²) in [6.07, 6.45) is 0.980. The second-order valence-corrected chi connectivity index (χ2v) is 7.61. The van der Waals surface area contributed by atoms with Crippen LogP contribution in [0.15, 0.2) is 42.6 Å². The molecule has 1 fully saturated rings. The normalized spacial score (nSPS) is 19.7. The number of rotatable bonds is 4. The van der Waals surface area contributed by atoms with Crippen molar-refractivity contribution >= 4 is 17.1 Å². The van der Waals surface area contributed by atoms with Crippen LogP contribution in [0.25, 0.3) is 5.52 Å². The molecule has 3 aromatic heterocycles. The molecule has 158 valence electrons. The number of fused-ring (bicyclic) bond motifs is 1. The Kier molecular flexibility index (Phi) is 5.46. The van der Waals surface area contributed by atoms with Gasteiger partial charge in [0.15, 0.2) is 0 Å². The van der Waals surface area contributed by atoms with Crippen LogP contribution in [0.3, 0.4) is 0 Å². The maximum atomic E-state index is 12.8. The lowest BCUT2D eigenvalue weighted by molar-refractivity contribution is -0.141. The third kappa shape index (κ3) is 4.30. The fourth-order valence-corrected chi connectivity index (χ4v) is 3.85. The van der Waals surface area contributed by atoms with Gasteiger partial charge in [-0.2, -0.15) is 18.3 Å². The summed E-state index contributed by atoms with van der Waals surface area (Å²) in [4.78, 5) is 15.8. The van der Waals surface area contributed by atoms with E-state index in [4.69, 9.17) is 0 Å². The minimum atomic E-state index is -4.61. The highest BCUT2D eigenvalue weighted by Crippen LogP contribution is 2.35. The third-order valence-corrected chi connectivity index (χ3v) is 5.54. The first-order valence-electron chi connectivity index (χ1n) is 9.79. The van der Waals surface area contributed by atoms with Crippen molar-refractivity contribution in [2.24, 2.45) is 5.92 Å². The lowest BCUT2D eigenvalue weighted by Gasteiger charge is -2.25. The summed E-state index contributed by atoms with van der Waals surface area (Å²) in [5, 5.41) is 16.5. The molecule has 0 aliphatic heterocycles. The van der Waals surface area contributed by atoms with Crippen molar-refractivity contribution in [2.45, 2.75) is 37.8 Å². The number of anilines is 1. The van der Waals surface area contributed by atoms with Crippen molar-refractivity contribution in [3.05, 3.63) is 59.7 Å². The molecule has 1 saturated carbocycles. The SMILES string of the molecule is O=C(Nc1ccn2nc([C@H]3CC[C@H](CO)CC3)cc2c1)c1cccc(C(F)(F)F)n1. The van der Waals surface area contributed by atoms with Gasteiger partial charge in [-0.3, -0.25) is 4.79 Å². The van der Waals surface area contributed by atoms with E-state index in [2.05, 4.69) is 15.4 Å². The van der Waals surface area contributed by atoms with E-state index in [1.54, 1.807) is 22.8 Å². The van der Waals surface area contributed by atoms with E-state index in [0.717, 1.165) is 49.0 Å². The number of carbonyl (C=O) groups is 1. The molecule has 2 N–H and O–H groups in total. The lowest BCUT2D eigenvalue weighted by atomic mass is 9.81. The summed E-state index contributed by atoms with van der Waals surface area (Å²) >= 11 is 0. The van der Waals surface area contributed by atoms with Gasteiger partial charge in [-0.1, -0.05) is 6.07 Å². The average Bonchev–Trinajstić information content (AvgIpc) is 3.16. The van der Waals surface area contributed by atoms with Crippen molar-refractivity contribution in [3.8, 4) is 0 Å². The predicted molar refractivity (Wildman–Crippen MR) is 104 cm³/mol. The number of hydrogen-bond donors (Lipinski definition) is 2. The van der Waals surface area contributed by atoms with Crippen molar-refractivity contribution < 1.29 is 23.1 Å². The second kappa shape index (κ2) is 8.06. The van der Waals surface area contributed by atoms with E-state index in [1.807, 2.05) is 6.07 Å². The number of nitrogens with one attached hydrogen (secondary N) is 1. The Bertz CT molecular complexity index is 1060. The van der Waals surface area contributed by atoms with Crippen molar-refractivity contribution in [2.75, 3.05) is 11.9 Å². The Hall–Kier alpha value is -2.94. The molecule has 6 nitrogen and oxygen atoms in total. The Balaban J connectivity index is 1.49. The smallest absolute Gasteiger partial charge is 0.396 e. The number of aromatic nitrogens is 3. The first kappa shape index (κ1) is 20.3. The van der Waals surface area contributed by atoms with Crippen LogP contribution in [0, 0.1) is 5.92 Å². The van der Waals surface area contributed by atoms with Gasteiger partial charge in [0, 0.05) is 24.4 Å². The molecule has 0 bridgehead atoms. The molecule has 9 heteroatoms. The maximum Gasteiger partial charge on any atom is 0.433 e. The molecule has 0 saturated heterocycles. The molecule has 0 aromatic carbocycles. The second-order valence-electron chi connectivity index (χ2n) is 7.61. The van der Waals surface area contributed by atoms with Crippen LogP contribution in [0.1, 0.15) is 53.5 Å². The third-order valence-electron chi connectivity index (χ3n) is 5.54. The maximum absolute atomic E-state index is 12.8. The molecular formula is C21H21F3N4O2. The van der Waals surface area contributed by atoms with E-state index >= 15 is 0 Å². The predicted octanol–water partition coefficient (Wildman–Crippen LogP) is 4.27. The Morgan fingerprint density at radius 2 is 1.93 bits per heavy atom. The van der Waals surface area contributed by atoms with Crippen molar-refractivity contribution in [1.82, 2.24) is 14.6 Å². The number of hydrogen-bond acceptors (Lipinski definition) is 4. The van der Waals surface area contributed by atoms with Crippen molar-refractivity contribution in [3.63, 3.8) is 0 Å². The summed E-state index contributed by atoms with van der Waals surface area (Å²) in [6.45, 7) is 0.224. The first-order valence-corrected chi connectivity index (χ1v) is 9.79. The molecule has 1 aliphatic carbocycles. The standard InChI is InChI=1S/C21H21F3N4O2/c22-21(23,24)19-3-1-2-17(26-19)20(30)25-15-8-9-28-16(10-15)11-18(27-28)14-6-4-13(12-29)5-7-14/h1-3,8-11,13-14,29H,4-7,12H2,(H,25,30)/t13-,14-. The zero-order valence-corrected chi connectivity index (χ0v) is 16.1. The number of aliphatic hydroxyl groups is 1. The average molecular weight is 418 g/mol. The van der Waals surface area contributed by atoms with Crippen molar-refractivity contribution in [1.29, 1.82) is 0 Å². The van der Waals surface area contributed by atoms with E-state index < -0.39 is 17.8 Å². The Morgan fingerprint density at radius 1 is 1.17 bits per heavy atom. The van der Waals surface area contributed by atoms with Crippen LogP contribution in [0.2, 0.25) is 0 Å². The van der Waals surface area contributed by atoms with Gasteiger partial charge >= 0.3 is 6.18 Å². The highest BCUT2D eigenvalue weighted by Gasteiger charge is 2.33. The number of amides is 1. The van der Waals surface area contributed by atoms with E-state index in [0.29, 0.717) is 17.5 Å². The lowest BCUT2D eigenvalue weighted by Crippen LogP contribution is -2.17.